The molecule has 1 aliphatic carbocycles. The fourth-order valence-corrected chi connectivity index (χ4v) is 2.82. The summed E-state index contributed by atoms with van der Waals surface area (Å²) in [5, 5.41) is 3.22. The SMILES string of the molecule is CC1CCCCCC1Nc1cc(C(N)=O)c(N)cc1F. The first-order chi connectivity index (χ1) is 9.49. The summed E-state index contributed by atoms with van der Waals surface area (Å²) in [6.45, 7) is 2.17. The lowest BCUT2D eigenvalue weighted by Gasteiger charge is -2.24. The van der Waals surface area contributed by atoms with Crippen molar-refractivity contribution in [3.05, 3.63) is 23.5 Å². The first-order valence-corrected chi connectivity index (χ1v) is 7.14. The van der Waals surface area contributed by atoms with Crippen molar-refractivity contribution in [2.24, 2.45) is 11.7 Å². The molecule has 4 nitrogen and oxygen atoms in total. The molecule has 0 aromatic heterocycles. The van der Waals surface area contributed by atoms with E-state index >= 15 is 0 Å². The van der Waals surface area contributed by atoms with Crippen LogP contribution in [0.5, 0.6) is 0 Å². The Kier molecular flexibility index (Phi) is 4.47. The van der Waals surface area contributed by atoms with Gasteiger partial charge in [-0.2, -0.15) is 0 Å². The van der Waals surface area contributed by atoms with Crippen LogP contribution in [0.25, 0.3) is 0 Å². The van der Waals surface area contributed by atoms with E-state index in [1.165, 1.54) is 18.9 Å². The predicted molar refractivity (Wildman–Crippen MR) is 79.0 cm³/mol. The Hall–Kier alpha value is -1.78. The summed E-state index contributed by atoms with van der Waals surface area (Å²) in [5.41, 5.74) is 11.4. The van der Waals surface area contributed by atoms with Crippen molar-refractivity contribution in [2.75, 3.05) is 11.1 Å². The number of hydrogen-bond donors (Lipinski definition) is 3. The van der Waals surface area contributed by atoms with Gasteiger partial charge in [-0.1, -0.05) is 26.2 Å². The van der Waals surface area contributed by atoms with Gasteiger partial charge in [-0.25, -0.2) is 4.39 Å². The molecule has 1 aromatic carbocycles. The number of anilines is 2. The topological polar surface area (TPSA) is 81.1 Å². The molecule has 0 heterocycles. The molecule has 0 radical (unpaired) electrons. The molecule has 0 spiro atoms. The molecule has 1 fully saturated rings. The summed E-state index contributed by atoms with van der Waals surface area (Å²) in [6, 6.07) is 2.80. The van der Waals surface area contributed by atoms with E-state index in [1.807, 2.05) is 0 Å². The third-order valence-corrected chi connectivity index (χ3v) is 4.11. The highest BCUT2D eigenvalue weighted by atomic mass is 19.1. The van der Waals surface area contributed by atoms with Crippen LogP contribution in [0, 0.1) is 11.7 Å². The molecule has 110 valence electrons. The molecule has 1 aromatic rings. The Morgan fingerprint density at radius 1 is 1.30 bits per heavy atom. The van der Waals surface area contributed by atoms with Gasteiger partial charge in [0.25, 0.3) is 5.91 Å². The molecular weight excluding hydrogens is 257 g/mol. The number of amides is 1. The predicted octanol–water partition coefficient (Wildman–Crippen LogP) is 2.89. The average Bonchev–Trinajstić information content (AvgIpc) is 2.57. The minimum atomic E-state index is -0.639. The van der Waals surface area contributed by atoms with Crippen LogP contribution in [0.1, 0.15) is 49.4 Å². The zero-order valence-electron chi connectivity index (χ0n) is 11.8. The van der Waals surface area contributed by atoms with Crippen LogP contribution in [-0.2, 0) is 0 Å². The minimum Gasteiger partial charge on any atom is -0.398 e. The molecule has 2 atom stereocenters. The van der Waals surface area contributed by atoms with E-state index in [4.69, 9.17) is 11.5 Å². The van der Waals surface area contributed by atoms with E-state index in [0.29, 0.717) is 11.6 Å². The number of benzene rings is 1. The van der Waals surface area contributed by atoms with Crippen LogP contribution in [0.3, 0.4) is 0 Å². The summed E-state index contributed by atoms with van der Waals surface area (Å²) < 4.78 is 14.0. The third-order valence-electron chi connectivity index (χ3n) is 4.11. The van der Waals surface area contributed by atoms with E-state index in [0.717, 1.165) is 25.3 Å². The van der Waals surface area contributed by atoms with Crippen molar-refractivity contribution >= 4 is 17.3 Å². The van der Waals surface area contributed by atoms with Gasteiger partial charge in [-0.05, 0) is 30.9 Å². The summed E-state index contributed by atoms with van der Waals surface area (Å²) in [6.07, 6.45) is 5.73. The van der Waals surface area contributed by atoms with Crippen LogP contribution in [0.2, 0.25) is 0 Å². The molecule has 0 aliphatic heterocycles. The molecule has 5 heteroatoms. The van der Waals surface area contributed by atoms with E-state index in [2.05, 4.69) is 12.2 Å². The van der Waals surface area contributed by atoms with Gasteiger partial charge in [-0.3, -0.25) is 4.79 Å². The fraction of sp³-hybridized carbons (Fsp3) is 0.533. The molecule has 1 amide bonds. The van der Waals surface area contributed by atoms with Gasteiger partial charge < -0.3 is 16.8 Å². The van der Waals surface area contributed by atoms with Crippen LogP contribution in [0.4, 0.5) is 15.8 Å². The number of nitrogens with one attached hydrogen (secondary N) is 1. The van der Waals surface area contributed by atoms with E-state index in [1.54, 1.807) is 0 Å². The monoisotopic (exact) mass is 279 g/mol. The van der Waals surface area contributed by atoms with Crippen molar-refractivity contribution in [3.8, 4) is 0 Å². The van der Waals surface area contributed by atoms with Crippen molar-refractivity contribution < 1.29 is 9.18 Å². The quantitative estimate of drug-likeness (QED) is 0.588. The van der Waals surface area contributed by atoms with Crippen LogP contribution < -0.4 is 16.8 Å². The lowest BCUT2D eigenvalue weighted by Crippen LogP contribution is -2.27. The Balaban J connectivity index is 2.23. The Labute approximate surface area is 118 Å². The van der Waals surface area contributed by atoms with Gasteiger partial charge in [-0.15, -0.1) is 0 Å². The Bertz CT molecular complexity index is 504. The summed E-state index contributed by atoms with van der Waals surface area (Å²) >= 11 is 0. The van der Waals surface area contributed by atoms with Crippen LogP contribution in [0.15, 0.2) is 12.1 Å². The Morgan fingerprint density at radius 2 is 2.00 bits per heavy atom. The standard InChI is InChI=1S/C15H22FN3O/c1-9-5-3-2-4-6-13(9)19-14-7-10(15(18)20)12(17)8-11(14)16/h7-9,13,19H,2-6,17H2,1H3,(H2,18,20). The maximum atomic E-state index is 14.0. The Morgan fingerprint density at radius 3 is 2.70 bits per heavy atom. The number of hydrogen-bond acceptors (Lipinski definition) is 3. The summed E-state index contributed by atoms with van der Waals surface area (Å²) in [5.74, 6) is -0.602. The lowest BCUT2D eigenvalue weighted by atomic mass is 9.96. The van der Waals surface area contributed by atoms with Crippen molar-refractivity contribution in [1.29, 1.82) is 0 Å². The molecule has 0 saturated heterocycles. The van der Waals surface area contributed by atoms with E-state index < -0.39 is 11.7 Å². The van der Waals surface area contributed by atoms with Gasteiger partial charge in [0.1, 0.15) is 5.82 Å². The number of nitrogens with two attached hydrogens (primary N) is 2. The van der Waals surface area contributed by atoms with Crippen molar-refractivity contribution in [3.63, 3.8) is 0 Å². The smallest absolute Gasteiger partial charge is 0.250 e. The highest BCUT2D eigenvalue weighted by Crippen LogP contribution is 2.28. The molecule has 1 saturated carbocycles. The molecule has 2 rings (SSSR count). The number of nitrogen functional groups attached to an aromatic ring is 1. The number of carbonyl (C=O) groups is 1. The number of halogens is 1. The molecule has 2 unspecified atom stereocenters. The summed E-state index contributed by atoms with van der Waals surface area (Å²) in [7, 11) is 0. The maximum absolute atomic E-state index is 14.0. The second-order valence-electron chi connectivity index (χ2n) is 5.65. The van der Waals surface area contributed by atoms with Crippen LogP contribution >= 0.6 is 0 Å². The van der Waals surface area contributed by atoms with E-state index in [9.17, 15) is 9.18 Å². The number of primary amides is 1. The number of carbonyl (C=O) groups excluding carboxylic acids is 1. The largest absolute Gasteiger partial charge is 0.398 e. The average molecular weight is 279 g/mol. The highest BCUT2D eigenvalue weighted by Gasteiger charge is 2.21. The lowest BCUT2D eigenvalue weighted by molar-refractivity contribution is 0.100. The molecule has 20 heavy (non-hydrogen) atoms. The van der Waals surface area contributed by atoms with E-state index in [-0.39, 0.29) is 17.3 Å². The zero-order chi connectivity index (χ0) is 14.7. The van der Waals surface area contributed by atoms with Gasteiger partial charge in [0.05, 0.1) is 11.3 Å². The van der Waals surface area contributed by atoms with Crippen molar-refractivity contribution in [1.82, 2.24) is 0 Å². The highest BCUT2D eigenvalue weighted by molar-refractivity contribution is 5.99. The third kappa shape index (κ3) is 3.21. The molecular formula is C15H22FN3O. The second kappa shape index (κ2) is 6.11. The normalized spacial score (nSPS) is 23.1. The molecule has 1 aliphatic rings. The number of rotatable bonds is 3. The van der Waals surface area contributed by atoms with Crippen LogP contribution in [-0.4, -0.2) is 11.9 Å². The summed E-state index contributed by atoms with van der Waals surface area (Å²) in [4.78, 5) is 11.3. The van der Waals surface area contributed by atoms with Gasteiger partial charge >= 0.3 is 0 Å². The second-order valence-corrected chi connectivity index (χ2v) is 5.65. The molecule has 0 bridgehead atoms. The first-order valence-electron chi connectivity index (χ1n) is 7.14. The fourth-order valence-electron chi connectivity index (χ4n) is 2.82. The zero-order valence-corrected chi connectivity index (χ0v) is 11.8. The first kappa shape index (κ1) is 14.6. The van der Waals surface area contributed by atoms with Gasteiger partial charge in [0, 0.05) is 11.7 Å². The van der Waals surface area contributed by atoms with Gasteiger partial charge in [0.2, 0.25) is 0 Å². The van der Waals surface area contributed by atoms with Gasteiger partial charge in [0.15, 0.2) is 0 Å². The maximum Gasteiger partial charge on any atom is 0.250 e. The molecule has 5 N–H and O–H groups in total. The minimum absolute atomic E-state index is 0.0782. The van der Waals surface area contributed by atoms with Crippen molar-refractivity contribution in [2.45, 2.75) is 45.1 Å².